The van der Waals surface area contributed by atoms with Crippen molar-refractivity contribution in [3.8, 4) is 0 Å². The molecule has 1 N–H and O–H groups in total. The van der Waals surface area contributed by atoms with Crippen molar-refractivity contribution in [2.24, 2.45) is 0 Å². The second kappa shape index (κ2) is 8.25. The van der Waals surface area contributed by atoms with E-state index in [1.807, 2.05) is 26.0 Å². The number of hydrogen-bond acceptors (Lipinski definition) is 7. The number of nitro benzene ring substituents is 1. The Balaban J connectivity index is 0.000000640. The van der Waals surface area contributed by atoms with Crippen LogP contribution in [0.1, 0.15) is 10.4 Å². The lowest BCUT2D eigenvalue weighted by molar-refractivity contribution is -0.384. The number of hydrogen-bond donors (Lipinski definition) is 1. The molecule has 11 heteroatoms. The number of nitrogens with zero attached hydrogens (tertiary/aromatic N) is 4. The topological polar surface area (TPSA) is 136 Å². The Morgan fingerprint density at radius 3 is 2.36 bits per heavy atom. The summed E-state index contributed by atoms with van der Waals surface area (Å²) < 4.78 is 33.0. The Morgan fingerprint density at radius 1 is 1.18 bits per heavy atom. The molecule has 148 valence electrons. The van der Waals surface area contributed by atoms with E-state index in [1.165, 1.54) is 42.6 Å². The van der Waals surface area contributed by atoms with Crippen LogP contribution in [0.25, 0.3) is 10.9 Å². The van der Waals surface area contributed by atoms with Crippen LogP contribution in [0.5, 0.6) is 0 Å². The van der Waals surface area contributed by atoms with Crippen molar-refractivity contribution >= 4 is 32.6 Å². The van der Waals surface area contributed by atoms with Gasteiger partial charge in [0, 0.05) is 17.5 Å². The van der Waals surface area contributed by atoms with Crippen molar-refractivity contribution < 1.29 is 22.7 Å². The van der Waals surface area contributed by atoms with Crippen LogP contribution in [-0.2, 0) is 10.1 Å². The van der Waals surface area contributed by atoms with E-state index in [2.05, 4.69) is 5.10 Å². The minimum absolute atomic E-state index is 0.159. The molecule has 3 rings (SSSR count). The first-order valence-corrected chi connectivity index (χ1v) is 9.30. The van der Waals surface area contributed by atoms with Crippen LogP contribution in [0, 0.1) is 10.1 Å². The van der Waals surface area contributed by atoms with Crippen LogP contribution >= 0.6 is 0 Å². The summed E-state index contributed by atoms with van der Waals surface area (Å²) in [7, 11) is 1.41. The fraction of sp³-hybridized carbons (Fsp3) is 0.176. The van der Waals surface area contributed by atoms with Gasteiger partial charge in [0.05, 0.1) is 22.2 Å². The highest BCUT2D eigenvalue weighted by molar-refractivity contribution is 7.86. The fourth-order valence-corrected chi connectivity index (χ4v) is 2.96. The maximum atomic E-state index is 12.6. The van der Waals surface area contributed by atoms with Crippen LogP contribution in [0.3, 0.4) is 0 Å². The number of benzene rings is 2. The zero-order chi connectivity index (χ0) is 21.1. The maximum absolute atomic E-state index is 12.6. The Bertz CT molecular complexity index is 1130. The number of carbonyl (C=O) groups excluding carboxylic acids is 1. The molecule has 0 unspecified atom stereocenters. The van der Waals surface area contributed by atoms with E-state index >= 15 is 0 Å². The van der Waals surface area contributed by atoms with Crippen molar-refractivity contribution in [3.63, 3.8) is 0 Å². The molecular weight excluding hydrogens is 388 g/mol. The molecule has 0 aliphatic carbocycles. The molecule has 0 atom stereocenters. The second-order valence-electron chi connectivity index (χ2n) is 6.17. The third kappa shape index (κ3) is 4.76. The van der Waals surface area contributed by atoms with Crippen LogP contribution in [0.4, 0.5) is 5.69 Å². The normalized spacial score (nSPS) is 11.2. The molecule has 1 heterocycles. The van der Waals surface area contributed by atoms with E-state index < -0.39 is 25.8 Å². The highest BCUT2D eigenvalue weighted by Gasteiger charge is 2.23. The fourth-order valence-electron chi connectivity index (χ4n) is 2.28. The molecule has 3 aromatic rings. The average molecular weight is 406 g/mol. The molecule has 0 radical (unpaired) electrons. The van der Waals surface area contributed by atoms with Crippen LogP contribution in [0.2, 0.25) is 0 Å². The molecule has 0 aliphatic heterocycles. The first kappa shape index (κ1) is 21.2. The number of rotatable bonds is 3. The van der Waals surface area contributed by atoms with Gasteiger partial charge < -0.3 is 4.90 Å². The number of nitro groups is 1. The van der Waals surface area contributed by atoms with E-state index in [4.69, 9.17) is 0 Å². The van der Waals surface area contributed by atoms with Crippen molar-refractivity contribution in [2.75, 3.05) is 21.1 Å². The predicted molar refractivity (Wildman–Crippen MR) is 102 cm³/mol. The molecule has 0 aliphatic rings. The Morgan fingerprint density at radius 2 is 1.79 bits per heavy atom. The van der Waals surface area contributed by atoms with Crippen molar-refractivity contribution in [3.05, 3.63) is 64.3 Å². The summed E-state index contributed by atoms with van der Waals surface area (Å²) in [6.07, 6.45) is 1.26. The first-order chi connectivity index (χ1) is 13.0. The number of non-ortho nitro benzene ring substituents is 1. The van der Waals surface area contributed by atoms with E-state index in [0.717, 1.165) is 10.7 Å². The molecule has 0 amide bonds. The summed E-state index contributed by atoms with van der Waals surface area (Å²) in [6, 6.07) is 8.95. The average Bonchev–Trinajstić information content (AvgIpc) is 3.03. The van der Waals surface area contributed by atoms with Gasteiger partial charge in [-0.15, -0.1) is 0 Å². The van der Waals surface area contributed by atoms with Crippen molar-refractivity contribution in [1.82, 2.24) is 14.7 Å². The van der Waals surface area contributed by atoms with Gasteiger partial charge >= 0.3 is 0 Å². The summed E-state index contributed by atoms with van der Waals surface area (Å²) in [4.78, 5) is 24.3. The Hall–Kier alpha value is -3.15. The van der Waals surface area contributed by atoms with Gasteiger partial charge in [0.15, 0.2) is 0 Å². The van der Waals surface area contributed by atoms with Crippen LogP contribution in [-0.4, -0.2) is 59.6 Å². The van der Waals surface area contributed by atoms with Crippen LogP contribution < -0.4 is 0 Å². The maximum Gasteiger partial charge on any atom is 0.295 e. The zero-order valence-electron chi connectivity index (χ0n) is 15.3. The van der Waals surface area contributed by atoms with Crippen molar-refractivity contribution in [1.29, 1.82) is 0 Å². The van der Waals surface area contributed by atoms with Gasteiger partial charge in [0.25, 0.3) is 21.7 Å². The molecule has 0 fully saturated rings. The summed E-state index contributed by atoms with van der Waals surface area (Å²) in [6.45, 7) is 0. The molecule has 0 saturated heterocycles. The lowest BCUT2D eigenvalue weighted by atomic mass is 10.2. The minimum Gasteiger partial charge on any atom is -0.312 e. The van der Waals surface area contributed by atoms with Gasteiger partial charge in [0.1, 0.15) is 4.90 Å². The lowest BCUT2D eigenvalue weighted by Crippen LogP contribution is -2.17. The molecule has 28 heavy (non-hydrogen) atoms. The molecule has 0 bridgehead atoms. The highest BCUT2D eigenvalue weighted by atomic mass is 32.2. The number of carbonyl (C=O) groups is 1. The Kier molecular flexibility index (Phi) is 6.23. The molecule has 2 aromatic carbocycles. The molecule has 10 nitrogen and oxygen atoms in total. The van der Waals surface area contributed by atoms with E-state index in [0.29, 0.717) is 5.39 Å². The Labute approximate surface area is 160 Å². The molecule has 0 spiro atoms. The molecular formula is C17H18N4O6S. The predicted octanol–water partition coefficient (Wildman–Crippen LogP) is 2.06. The quantitative estimate of drug-likeness (QED) is 0.396. The van der Waals surface area contributed by atoms with Gasteiger partial charge in [-0.05, 0) is 39.3 Å². The monoisotopic (exact) mass is 406 g/mol. The molecule has 0 saturated carbocycles. The van der Waals surface area contributed by atoms with Crippen molar-refractivity contribution in [2.45, 2.75) is 4.90 Å². The summed E-state index contributed by atoms with van der Waals surface area (Å²) in [5.41, 5.74) is -0.146. The first-order valence-electron chi connectivity index (χ1n) is 7.86. The van der Waals surface area contributed by atoms with Gasteiger partial charge in [-0.3, -0.25) is 19.5 Å². The van der Waals surface area contributed by atoms with Gasteiger partial charge in [-0.1, -0.05) is 12.1 Å². The van der Waals surface area contributed by atoms with E-state index in [-0.39, 0.29) is 16.8 Å². The standard InChI is InChI=1S/C14H9N3O6S.C3H9N/c18-14(11-3-1-2-4-13(11)24(21,22)23)16-12-6-5-10(17(19)20)7-9(12)8-15-16;1-4(2)3/h1-8H,(H,21,22,23);1-3H3. The third-order valence-electron chi connectivity index (χ3n) is 3.35. The van der Waals surface area contributed by atoms with E-state index in [1.54, 1.807) is 0 Å². The second-order valence-corrected chi connectivity index (χ2v) is 7.56. The third-order valence-corrected chi connectivity index (χ3v) is 4.26. The summed E-state index contributed by atoms with van der Waals surface area (Å²) in [5, 5.41) is 15.0. The minimum atomic E-state index is -4.59. The SMILES string of the molecule is CN(C)C.O=C(c1ccccc1S(=O)(=O)O)n1ncc2cc([N+](=O)[O-])ccc21. The van der Waals surface area contributed by atoms with Gasteiger partial charge in [-0.25, -0.2) is 0 Å². The molecule has 1 aromatic heterocycles. The summed E-state index contributed by atoms with van der Waals surface area (Å²) >= 11 is 0. The largest absolute Gasteiger partial charge is 0.312 e. The van der Waals surface area contributed by atoms with Crippen LogP contribution in [0.15, 0.2) is 53.6 Å². The highest BCUT2D eigenvalue weighted by Crippen LogP contribution is 2.23. The number of aromatic nitrogens is 2. The van der Waals surface area contributed by atoms with Gasteiger partial charge in [-0.2, -0.15) is 18.2 Å². The lowest BCUT2D eigenvalue weighted by Gasteiger charge is -2.06. The van der Waals surface area contributed by atoms with Gasteiger partial charge in [0.2, 0.25) is 0 Å². The number of fused-ring (bicyclic) bond motifs is 1. The zero-order valence-corrected chi connectivity index (χ0v) is 16.1. The smallest absolute Gasteiger partial charge is 0.295 e. The summed E-state index contributed by atoms with van der Waals surface area (Å²) in [5.74, 6) is -0.785. The van der Waals surface area contributed by atoms with E-state index in [9.17, 15) is 27.9 Å².